The molecular weight excluding hydrogens is 252 g/mol. The van der Waals surface area contributed by atoms with Crippen molar-refractivity contribution in [2.45, 2.75) is 77.8 Å². The summed E-state index contributed by atoms with van der Waals surface area (Å²) in [5.41, 5.74) is -0.770. The fourth-order valence-electron chi connectivity index (χ4n) is 4.03. The second-order valence-electron chi connectivity index (χ2n) is 8.28. The Hall–Kier alpha value is -1.06. The minimum atomic E-state index is -0.607. The van der Waals surface area contributed by atoms with E-state index in [1.807, 2.05) is 4.90 Å². The summed E-state index contributed by atoms with van der Waals surface area (Å²) in [4.78, 5) is 26.8. The third-order valence-corrected chi connectivity index (χ3v) is 4.49. The standard InChI is InChI=1S/C16H28N2O2/c1-14(2,3)11-15(4,5)18-10-12(19)17-16(13(18)20)8-6-7-9-16/h6-11H2,1-5H3,(H,17,19). The van der Waals surface area contributed by atoms with E-state index in [1.165, 1.54) is 0 Å². The minimum absolute atomic E-state index is 0.00603. The fourth-order valence-corrected chi connectivity index (χ4v) is 4.03. The molecule has 0 aromatic heterocycles. The Morgan fingerprint density at radius 2 is 1.65 bits per heavy atom. The Bertz CT molecular complexity index is 415. The van der Waals surface area contributed by atoms with E-state index in [0.29, 0.717) is 0 Å². The summed E-state index contributed by atoms with van der Waals surface area (Å²) in [7, 11) is 0. The highest BCUT2D eigenvalue weighted by Crippen LogP contribution is 2.38. The maximum atomic E-state index is 12.9. The first-order chi connectivity index (χ1) is 9.06. The lowest BCUT2D eigenvalue weighted by Crippen LogP contribution is -2.69. The van der Waals surface area contributed by atoms with Crippen molar-refractivity contribution in [3.63, 3.8) is 0 Å². The number of rotatable bonds is 2. The van der Waals surface area contributed by atoms with Crippen LogP contribution >= 0.6 is 0 Å². The third-order valence-electron chi connectivity index (χ3n) is 4.49. The van der Waals surface area contributed by atoms with E-state index in [-0.39, 0.29) is 29.3 Å². The average Bonchev–Trinajstić information content (AvgIpc) is 2.69. The number of amides is 2. The third kappa shape index (κ3) is 2.84. The van der Waals surface area contributed by atoms with Crippen molar-refractivity contribution in [1.82, 2.24) is 10.2 Å². The summed E-state index contributed by atoms with van der Waals surface area (Å²) in [6, 6.07) is 0. The van der Waals surface area contributed by atoms with Crippen molar-refractivity contribution in [2.75, 3.05) is 6.54 Å². The van der Waals surface area contributed by atoms with Crippen LogP contribution in [0.5, 0.6) is 0 Å². The van der Waals surface area contributed by atoms with Crippen molar-refractivity contribution < 1.29 is 9.59 Å². The van der Waals surface area contributed by atoms with Gasteiger partial charge in [-0.25, -0.2) is 0 Å². The predicted octanol–water partition coefficient (Wildman–Crippen LogP) is 2.47. The summed E-state index contributed by atoms with van der Waals surface area (Å²) >= 11 is 0. The number of nitrogens with one attached hydrogen (secondary N) is 1. The highest BCUT2D eigenvalue weighted by atomic mass is 16.2. The van der Waals surface area contributed by atoms with E-state index in [1.54, 1.807) is 0 Å². The van der Waals surface area contributed by atoms with Crippen molar-refractivity contribution in [3.8, 4) is 0 Å². The maximum Gasteiger partial charge on any atom is 0.249 e. The molecule has 4 nitrogen and oxygen atoms in total. The molecule has 1 aliphatic heterocycles. The van der Waals surface area contributed by atoms with Crippen LogP contribution in [0.1, 0.15) is 66.7 Å². The van der Waals surface area contributed by atoms with Crippen LogP contribution in [-0.2, 0) is 9.59 Å². The van der Waals surface area contributed by atoms with Gasteiger partial charge in [0.15, 0.2) is 0 Å². The van der Waals surface area contributed by atoms with Gasteiger partial charge >= 0.3 is 0 Å². The van der Waals surface area contributed by atoms with Crippen LogP contribution in [0.25, 0.3) is 0 Å². The Balaban J connectivity index is 2.26. The Morgan fingerprint density at radius 3 is 2.15 bits per heavy atom. The highest BCUT2D eigenvalue weighted by Gasteiger charge is 2.51. The molecule has 1 saturated carbocycles. The monoisotopic (exact) mass is 280 g/mol. The molecule has 0 radical (unpaired) electrons. The lowest BCUT2D eigenvalue weighted by atomic mass is 9.79. The van der Waals surface area contributed by atoms with Crippen molar-refractivity contribution in [1.29, 1.82) is 0 Å². The Kier molecular flexibility index (Phi) is 3.64. The molecule has 0 unspecified atom stereocenters. The van der Waals surface area contributed by atoms with Gasteiger partial charge in [-0.1, -0.05) is 33.6 Å². The van der Waals surface area contributed by atoms with Gasteiger partial charge in [0.05, 0.1) is 0 Å². The van der Waals surface area contributed by atoms with Crippen LogP contribution < -0.4 is 5.32 Å². The number of piperazine rings is 1. The number of nitrogens with zero attached hydrogens (tertiary/aromatic N) is 1. The maximum absolute atomic E-state index is 12.9. The van der Waals surface area contributed by atoms with E-state index < -0.39 is 5.54 Å². The lowest BCUT2D eigenvalue weighted by Gasteiger charge is -2.49. The number of hydrogen-bond donors (Lipinski definition) is 1. The zero-order valence-corrected chi connectivity index (χ0v) is 13.5. The first kappa shape index (κ1) is 15.3. The van der Waals surface area contributed by atoms with Crippen molar-refractivity contribution in [3.05, 3.63) is 0 Å². The molecule has 2 aliphatic rings. The van der Waals surface area contributed by atoms with Gasteiger partial charge in [-0.3, -0.25) is 9.59 Å². The molecule has 1 N–H and O–H groups in total. The van der Waals surface area contributed by atoms with Crippen LogP contribution in [0.15, 0.2) is 0 Å². The molecule has 1 aliphatic carbocycles. The van der Waals surface area contributed by atoms with Gasteiger partial charge in [0.2, 0.25) is 11.8 Å². The summed E-state index contributed by atoms with van der Waals surface area (Å²) in [6.45, 7) is 10.9. The van der Waals surface area contributed by atoms with Crippen LogP contribution in [0, 0.1) is 5.41 Å². The van der Waals surface area contributed by atoms with Crippen LogP contribution in [-0.4, -0.2) is 34.3 Å². The van der Waals surface area contributed by atoms with E-state index in [2.05, 4.69) is 39.9 Å². The molecule has 0 aromatic carbocycles. The fraction of sp³-hybridized carbons (Fsp3) is 0.875. The van der Waals surface area contributed by atoms with Crippen molar-refractivity contribution >= 4 is 11.8 Å². The summed E-state index contributed by atoms with van der Waals surface area (Å²) in [5, 5.41) is 2.98. The van der Waals surface area contributed by atoms with Gasteiger partial charge < -0.3 is 10.2 Å². The first-order valence-corrected chi connectivity index (χ1v) is 7.69. The number of carbonyl (C=O) groups excluding carboxylic acids is 2. The van der Waals surface area contributed by atoms with E-state index in [9.17, 15) is 9.59 Å². The predicted molar refractivity (Wildman–Crippen MR) is 79.2 cm³/mol. The molecular formula is C16H28N2O2. The molecule has 114 valence electrons. The van der Waals surface area contributed by atoms with Gasteiger partial charge in [0.25, 0.3) is 0 Å². The van der Waals surface area contributed by atoms with Gasteiger partial charge in [-0.2, -0.15) is 0 Å². The molecule has 4 heteroatoms. The van der Waals surface area contributed by atoms with Crippen molar-refractivity contribution in [2.24, 2.45) is 5.41 Å². The topological polar surface area (TPSA) is 49.4 Å². The van der Waals surface area contributed by atoms with Gasteiger partial charge in [-0.05, 0) is 38.5 Å². The average molecular weight is 280 g/mol. The van der Waals surface area contributed by atoms with Crippen LogP contribution in [0.2, 0.25) is 0 Å². The molecule has 2 amide bonds. The first-order valence-electron chi connectivity index (χ1n) is 7.69. The number of carbonyl (C=O) groups is 2. The van der Waals surface area contributed by atoms with Crippen LogP contribution in [0.4, 0.5) is 0 Å². The lowest BCUT2D eigenvalue weighted by molar-refractivity contribution is -0.156. The summed E-state index contributed by atoms with van der Waals surface area (Å²) in [5.74, 6) is 0.123. The zero-order valence-electron chi connectivity index (χ0n) is 13.5. The van der Waals surface area contributed by atoms with Crippen LogP contribution in [0.3, 0.4) is 0 Å². The molecule has 1 spiro atoms. The normalized spacial score (nSPS) is 23.4. The SMILES string of the molecule is CC(C)(C)CC(C)(C)N1CC(=O)NC2(CCCC2)C1=O. The van der Waals surface area contributed by atoms with E-state index in [0.717, 1.165) is 32.1 Å². The second kappa shape index (κ2) is 4.74. The van der Waals surface area contributed by atoms with Gasteiger partial charge in [0.1, 0.15) is 12.1 Å². The molecule has 2 fully saturated rings. The van der Waals surface area contributed by atoms with Gasteiger partial charge in [0, 0.05) is 5.54 Å². The highest BCUT2D eigenvalue weighted by molar-refractivity contribution is 5.98. The summed E-state index contributed by atoms with van der Waals surface area (Å²) in [6.07, 6.45) is 4.52. The number of hydrogen-bond acceptors (Lipinski definition) is 2. The Labute approximate surface area is 122 Å². The zero-order chi connectivity index (χ0) is 15.2. The summed E-state index contributed by atoms with van der Waals surface area (Å²) < 4.78 is 0. The molecule has 0 aromatic rings. The van der Waals surface area contributed by atoms with E-state index >= 15 is 0 Å². The molecule has 1 saturated heterocycles. The quantitative estimate of drug-likeness (QED) is 0.844. The molecule has 0 bridgehead atoms. The Morgan fingerprint density at radius 1 is 1.10 bits per heavy atom. The minimum Gasteiger partial charge on any atom is -0.340 e. The molecule has 1 heterocycles. The second-order valence-corrected chi connectivity index (χ2v) is 8.28. The van der Waals surface area contributed by atoms with Gasteiger partial charge in [-0.15, -0.1) is 0 Å². The molecule has 0 atom stereocenters. The molecule has 20 heavy (non-hydrogen) atoms. The van der Waals surface area contributed by atoms with E-state index in [4.69, 9.17) is 0 Å². The smallest absolute Gasteiger partial charge is 0.249 e. The largest absolute Gasteiger partial charge is 0.340 e. The molecule has 2 rings (SSSR count).